The molecule has 1 atom stereocenters. The lowest BCUT2D eigenvalue weighted by Gasteiger charge is -2.07. The summed E-state index contributed by atoms with van der Waals surface area (Å²) < 4.78 is 3.43. The molecule has 0 aliphatic carbocycles. The summed E-state index contributed by atoms with van der Waals surface area (Å²) >= 11 is 0. The highest BCUT2D eigenvalue weighted by atomic mass is 16.1. The molecule has 15 heavy (non-hydrogen) atoms. The Labute approximate surface area is 88.2 Å². The summed E-state index contributed by atoms with van der Waals surface area (Å²) in [6, 6.07) is 0. The van der Waals surface area contributed by atoms with Crippen molar-refractivity contribution >= 4 is 5.65 Å². The zero-order valence-corrected chi connectivity index (χ0v) is 9.27. The van der Waals surface area contributed by atoms with Crippen molar-refractivity contribution < 1.29 is 0 Å². The molecule has 0 fully saturated rings. The van der Waals surface area contributed by atoms with Gasteiger partial charge in [-0.3, -0.25) is 9.20 Å². The van der Waals surface area contributed by atoms with Crippen LogP contribution < -0.4 is 5.56 Å². The zero-order valence-electron chi connectivity index (χ0n) is 9.27. The molecule has 4 nitrogen and oxygen atoms in total. The fraction of sp³-hybridized carbons (Fsp3) is 0.455. The van der Waals surface area contributed by atoms with Crippen LogP contribution in [0.15, 0.2) is 23.4 Å². The summed E-state index contributed by atoms with van der Waals surface area (Å²) in [7, 11) is 1.74. The van der Waals surface area contributed by atoms with Gasteiger partial charge in [0.1, 0.15) is 0 Å². The first kappa shape index (κ1) is 9.96. The zero-order chi connectivity index (χ0) is 11.0. The Morgan fingerprint density at radius 3 is 2.87 bits per heavy atom. The predicted octanol–water partition coefficient (Wildman–Crippen LogP) is 1.55. The first-order valence-corrected chi connectivity index (χ1v) is 5.17. The largest absolute Gasteiger partial charge is 0.314 e. The summed E-state index contributed by atoms with van der Waals surface area (Å²) in [4.78, 5) is 15.9. The highest BCUT2D eigenvalue weighted by Crippen LogP contribution is 2.18. The van der Waals surface area contributed by atoms with Gasteiger partial charge in [0.25, 0.3) is 5.56 Å². The van der Waals surface area contributed by atoms with Crippen LogP contribution in [0.2, 0.25) is 0 Å². The fourth-order valence-corrected chi connectivity index (χ4v) is 1.65. The molecular weight excluding hydrogens is 190 g/mol. The molecule has 80 valence electrons. The van der Waals surface area contributed by atoms with Crippen LogP contribution in [-0.2, 0) is 7.05 Å². The Bertz CT molecular complexity index is 538. The number of imidazole rings is 1. The molecule has 2 aromatic heterocycles. The van der Waals surface area contributed by atoms with Crippen LogP contribution in [0.1, 0.15) is 31.9 Å². The molecule has 2 rings (SSSR count). The van der Waals surface area contributed by atoms with Crippen molar-refractivity contribution in [3.8, 4) is 0 Å². The van der Waals surface area contributed by atoms with Crippen LogP contribution in [0.25, 0.3) is 5.65 Å². The van der Waals surface area contributed by atoms with Crippen LogP contribution in [0.4, 0.5) is 0 Å². The molecule has 0 spiro atoms. The number of hydrogen-bond donors (Lipinski definition) is 0. The molecule has 0 bridgehead atoms. The number of nitrogens with zero attached hydrogens (tertiary/aromatic N) is 3. The minimum Gasteiger partial charge on any atom is -0.314 e. The molecule has 0 aromatic carbocycles. The molecular formula is C11H15N3O. The van der Waals surface area contributed by atoms with Crippen molar-refractivity contribution in [3.63, 3.8) is 0 Å². The monoisotopic (exact) mass is 205 g/mol. The molecule has 0 amide bonds. The second-order valence-electron chi connectivity index (χ2n) is 3.90. The van der Waals surface area contributed by atoms with E-state index in [-0.39, 0.29) is 5.56 Å². The third-order valence-corrected chi connectivity index (χ3v) is 2.89. The topological polar surface area (TPSA) is 39.3 Å². The van der Waals surface area contributed by atoms with E-state index in [4.69, 9.17) is 0 Å². The van der Waals surface area contributed by atoms with Crippen LogP contribution in [-0.4, -0.2) is 14.0 Å². The molecule has 0 N–H and O–H groups in total. The highest BCUT2D eigenvalue weighted by Gasteiger charge is 2.11. The van der Waals surface area contributed by atoms with Gasteiger partial charge in [-0.25, -0.2) is 4.98 Å². The number of aryl methyl sites for hydroxylation is 1. The quantitative estimate of drug-likeness (QED) is 0.746. The van der Waals surface area contributed by atoms with Gasteiger partial charge < -0.3 is 4.57 Å². The maximum absolute atomic E-state index is 11.7. The van der Waals surface area contributed by atoms with Crippen molar-refractivity contribution in [2.24, 2.45) is 7.05 Å². The van der Waals surface area contributed by atoms with Crippen LogP contribution in [0.5, 0.6) is 0 Å². The minimum atomic E-state index is -0.0490. The Kier molecular flexibility index (Phi) is 2.34. The van der Waals surface area contributed by atoms with E-state index in [2.05, 4.69) is 18.8 Å². The first-order chi connectivity index (χ1) is 7.15. The highest BCUT2D eigenvalue weighted by molar-refractivity contribution is 5.38. The standard InChI is InChI=1S/C11H15N3O/c1-4-8(2)9-7-12-10-11(15)13(3)5-6-14(9)10/h5-8H,4H2,1-3H3. The van der Waals surface area contributed by atoms with Crippen LogP contribution >= 0.6 is 0 Å². The van der Waals surface area contributed by atoms with Crippen molar-refractivity contribution in [3.05, 3.63) is 34.6 Å². The van der Waals surface area contributed by atoms with E-state index >= 15 is 0 Å². The number of aromatic nitrogens is 3. The molecule has 0 saturated heterocycles. The Balaban J connectivity index is 2.72. The second kappa shape index (κ2) is 3.53. The van der Waals surface area contributed by atoms with Gasteiger partial charge in [-0.05, 0) is 12.3 Å². The van der Waals surface area contributed by atoms with E-state index in [9.17, 15) is 4.79 Å². The fourth-order valence-electron chi connectivity index (χ4n) is 1.65. The summed E-state index contributed by atoms with van der Waals surface area (Å²) in [6.07, 6.45) is 6.50. The SMILES string of the molecule is CCC(C)c1cnc2c(=O)n(C)ccn12. The number of rotatable bonds is 2. The molecule has 4 heteroatoms. The lowest BCUT2D eigenvalue weighted by molar-refractivity contribution is 0.696. The predicted molar refractivity (Wildman–Crippen MR) is 59.1 cm³/mol. The van der Waals surface area contributed by atoms with E-state index in [1.165, 1.54) is 0 Å². The van der Waals surface area contributed by atoms with Gasteiger partial charge in [-0.2, -0.15) is 0 Å². The van der Waals surface area contributed by atoms with Gasteiger partial charge >= 0.3 is 0 Å². The molecule has 0 aliphatic heterocycles. The summed E-state index contributed by atoms with van der Waals surface area (Å²) in [5, 5.41) is 0. The van der Waals surface area contributed by atoms with Gasteiger partial charge in [0.05, 0.1) is 0 Å². The third kappa shape index (κ3) is 1.46. The van der Waals surface area contributed by atoms with Crippen LogP contribution in [0, 0.1) is 0 Å². The average Bonchev–Trinajstić information content (AvgIpc) is 2.66. The molecule has 0 aliphatic rings. The molecule has 1 unspecified atom stereocenters. The van der Waals surface area contributed by atoms with E-state index < -0.39 is 0 Å². The van der Waals surface area contributed by atoms with Gasteiger partial charge in [-0.15, -0.1) is 0 Å². The normalized spacial score (nSPS) is 13.3. The van der Waals surface area contributed by atoms with Crippen molar-refractivity contribution in [1.29, 1.82) is 0 Å². The minimum absolute atomic E-state index is 0.0490. The van der Waals surface area contributed by atoms with Crippen molar-refractivity contribution in [2.45, 2.75) is 26.2 Å². The van der Waals surface area contributed by atoms with Gasteiger partial charge in [0.2, 0.25) is 5.65 Å². The third-order valence-electron chi connectivity index (χ3n) is 2.89. The molecule has 0 radical (unpaired) electrons. The summed E-state index contributed by atoms with van der Waals surface area (Å²) in [5.41, 5.74) is 1.56. The van der Waals surface area contributed by atoms with Crippen LogP contribution in [0.3, 0.4) is 0 Å². The number of fused-ring (bicyclic) bond motifs is 1. The Hall–Kier alpha value is -1.58. The lowest BCUT2D eigenvalue weighted by Crippen LogP contribution is -2.18. The molecule has 2 heterocycles. The molecule has 0 saturated carbocycles. The smallest absolute Gasteiger partial charge is 0.293 e. The maximum atomic E-state index is 11.7. The van der Waals surface area contributed by atoms with Crippen molar-refractivity contribution in [1.82, 2.24) is 14.0 Å². The Morgan fingerprint density at radius 1 is 1.47 bits per heavy atom. The Morgan fingerprint density at radius 2 is 2.20 bits per heavy atom. The van der Waals surface area contributed by atoms with E-state index in [0.29, 0.717) is 11.6 Å². The van der Waals surface area contributed by atoms with E-state index in [0.717, 1.165) is 12.1 Å². The average molecular weight is 205 g/mol. The summed E-state index contributed by atoms with van der Waals surface area (Å²) in [6.45, 7) is 4.27. The van der Waals surface area contributed by atoms with Gasteiger partial charge in [0.15, 0.2) is 0 Å². The van der Waals surface area contributed by atoms with Crippen molar-refractivity contribution in [2.75, 3.05) is 0 Å². The second-order valence-corrected chi connectivity index (χ2v) is 3.90. The van der Waals surface area contributed by atoms with Gasteiger partial charge in [-0.1, -0.05) is 13.8 Å². The van der Waals surface area contributed by atoms with Gasteiger partial charge in [0, 0.05) is 31.3 Å². The maximum Gasteiger partial charge on any atom is 0.293 e. The summed E-state index contributed by atoms with van der Waals surface area (Å²) in [5.74, 6) is 0.423. The van der Waals surface area contributed by atoms with E-state index in [1.807, 2.05) is 10.6 Å². The van der Waals surface area contributed by atoms with E-state index in [1.54, 1.807) is 24.0 Å². The number of hydrogen-bond acceptors (Lipinski definition) is 2. The lowest BCUT2D eigenvalue weighted by atomic mass is 10.1. The molecule has 2 aromatic rings. The first-order valence-electron chi connectivity index (χ1n) is 5.17.